The summed E-state index contributed by atoms with van der Waals surface area (Å²) in [5, 5.41) is 12.4. The average molecular weight is 181 g/mol. The van der Waals surface area contributed by atoms with Crippen LogP contribution in [0.4, 0.5) is 0 Å². The molecule has 1 aliphatic rings. The molecule has 0 aromatic carbocycles. The van der Waals surface area contributed by atoms with E-state index in [1.165, 1.54) is 0 Å². The van der Waals surface area contributed by atoms with Gasteiger partial charge in [-0.1, -0.05) is 0 Å². The van der Waals surface area contributed by atoms with Crippen LogP contribution >= 0.6 is 0 Å². The Kier molecular flexibility index (Phi) is 2.09. The summed E-state index contributed by atoms with van der Waals surface area (Å²) in [7, 11) is 0. The molecule has 0 bridgehead atoms. The van der Waals surface area contributed by atoms with Gasteiger partial charge < -0.3 is 15.4 Å². The molecule has 0 amide bonds. The summed E-state index contributed by atoms with van der Waals surface area (Å²) in [5.41, 5.74) is 2.15. The van der Waals surface area contributed by atoms with Crippen molar-refractivity contribution in [3.8, 4) is 0 Å². The van der Waals surface area contributed by atoms with Crippen LogP contribution < -0.4 is 5.32 Å². The van der Waals surface area contributed by atoms with Gasteiger partial charge in [0, 0.05) is 17.8 Å². The third-order valence-corrected chi connectivity index (χ3v) is 2.72. The molecule has 0 aliphatic heterocycles. The molecule has 4 heteroatoms. The van der Waals surface area contributed by atoms with Crippen molar-refractivity contribution in [1.29, 1.82) is 0 Å². The predicted octanol–water partition coefficient (Wildman–Crippen LogP) is 0.333. The average Bonchev–Trinajstić information content (AvgIpc) is 2.82. The van der Waals surface area contributed by atoms with Crippen LogP contribution in [0.25, 0.3) is 0 Å². The topological polar surface area (TPSA) is 60.9 Å². The molecular weight excluding hydrogens is 166 g/mol. The molecule has 1 saturated carbocycles. The number of nitrogens with one attached hydrogen (secondary N) is 2. The first-order valence-electron chi connectivity index (χ1n) is 4.60. The van der Waals surface area contributed by atoms with Gasteiger partial charge >= 0.3 is 0 Å². The summed E-state index contributed by atoms with van der Waals surface area (Å²) < 4.78 is 0. The second-order valence-corrected chi connectivity index (χ2v) is 3.77. The van der Waals surface area contributed by atoms with Gasteiger partial charge in [0.2, 0.25) is 0 Å². The lowest BCUT2D eigenvalue weighted by atomic mass is 10.2. The van der Waals surface area contributed by atoms with Crippen LogP contribution in [0.5, 0.6) is 0 Å². The third-order valence-electron chi connectivity index (χ3n) is 2.72. The van der Waals surface area contributed by atoms with Crippen molar-refractivity contribution >= 4 is 0 Å². The van der Waals surface area contributed by atoms with Gasteiger partial charge in [0.15, 0.2) is 0 Å². The number of aromatic amines is 1. The SMILES string of the molecule is Cc1[nH]cnc1CNC1(CO)CC1. The largest absolute Gasteiger partial charge is 0.394 e. The highest BCUT2D eigenvalue weighted by atomic mass is 16.3. The highest BCUT2D eigenvalue weighted by Crippen LogP contribution is 2.34. The van der Waals surface area contributed by atoms with E-state index >= 15 is 0 Å². The lowest BCUT2D eigenvalue weighted by Crippen LogP contribution is -2.34. The van der Waals surface area contributed by atoms with Crippen molar-refractivity contribution in [2.24, 2.45) is 0 Å². The van der Waals surface area contributed by atoms with E-state index in [0.29, 0.717) is 0 Å². The number of aromatic nitrogens is 2. The number of hydrogen-bond acceptors (Lipinski definition) is 3. The smallest absolute Gasteiger partial charge is 0.0925 e. The molecule has 72 valence electrons. The summed E-state index contributed by atoms with van der Waals surface area (Å²) in [4.78, 5) is 7.21. The zero-order chi connectivity index (χ0) is 9.31. The van der Waals surface area contributed by atoms with Gasteiger partial charge in [-0.25, -0.2) is 4.98 Å². The van der Waals surface area contributed by atoms with E-state index in [0.717, 1.165) is 30.8 Å². The number of aryl methyl sites for hydroxylation is 1. The molecule has 1 aromatic heterocycles. The van der Waals surface area contributed by atoms with Crippen LogP contribution in [0.3, 0.4) is 0 Å². The van der Waals surface area contributed by atoms with E-state index in [-0.39, 0.29) is 12.1 Å². The number of nitrogens with zero attached hydrogens (tertiary/aromatic N) is 1. The molecule has 13 heavy (non-hydrogen) atoms. The molecule has 0 atom stereocenters. The van der Waals surface area contributed by atoms with Gasteiger partial charge in [-0.15, -0.1) is 0 Å². The Morgan fingerprint density at radius 2 is 2.46 bits per heavy atom. The van der Waals surface area contributed by atoms with Gasteiger partial charge in [0.1, 0.15) is 0 Å². The van der Waals surface area contributed by atoms with Gasteiger partial charge in [0.05, 0.1) is 18.6 Å². The Morgan fingerprint density at radius 1 is 1.69 bits per heavy atom. The fraction of sp³-hybridized carbons (Fsp3) is 0.667. The summed E-state index contributed by atoms with van der Waals surface area (Å²) in [6.07, 6.45) is 3.85. The molecule has 1 aliphatic carbocycles. The lowest BCUT2D eigenvalue weighted by molar-refractivity contribution is 0.229. The number of H-pyrrole nitrogens is 1. The van der Waals surface area contributed by atoms with Crippen LogP contribution in [-0.4, -0.2) is 27.2 Å². The van der Waals surface area contributed by atoms with Gasteiger partial charge in [-0.05, 0) is 19.8 Å². The van der Waals surface area contributed by atoms with E-state index in [4.69, 9.17) is 5.11 Å². The Bertz CT molecular complexity index is 291. The molecule has 0 radical (unpaired) electrons. The Balaban J connectivity index is 1.90. The van der Waals surface area contributed by atoms with Crippen molar-refractivity contribution in [1.82, 2.24) is 15.3 Å². The van der Waals surface area contributed by atoms with E-state index in [2.05, 4.69) is 15.3 Å². The second kappa shape index (κ2) is 3.12. The standard InChI is InChI=1S/C9H15N3O/c1-7-8(11-6-10-7)4-12-9(5-13)2-3-9/h6,12-13H,2-5H2,1H3,(H,10,11). The quantitative estimate of drug-likeness (QED) is 0.627. The first-order valence-corrected chi connectivity index (χ1v) is 4.60. The van der Waals surface area contributed by atoms with E-state index in [9.17, 15) is 0 Å². The molecular formula is C9H15N3O. The molecule has 0 saturated heterocycles. The van der Waals surface area contributed by atoms with Crippen molar-refractivity contribution in [3.05, 3.63) is 17.7 Å². The van der Waals surface area contributed by atoms with Crippen LogP contribution in [0.1, 0.15) is 24.2 Å². The van der Waals surface area contributed by atoms with Crippen LogP contribution in [0.15, 0.2) is 6.33 Å². The predicted molar refractivity (Wildman–Crippen MR) is 49.2 cm³/mol. The monoisotopic (exact) mass is 181 g/mol. The third kappa shape index (κ3) is 1.73. The molecule has 0 unspecified atom stereocenters. The van der Waals surface area contributed by atoms with Crippen LogP contribution in [-0.2, 0) is 6.54 Å². The van der Waals surface area contributed by atoms with E-state index < -0.39 is 0 Å². The zero-order valence-corrected chi connectivity index (χ0v) is 7.80. The second-order valence-electron chi connectivity index (χ2n) is 3.77. The maximum Gasteiger partial charge on any atom is 0.0925 e. The summed E-state index contributed by atoms with van der Waals surface area (Å²) in [6.45, 7) is 2.98. The normalized spacial score (nSPS) is 18.9. The number of aliphatic hydroxyl groups is 1. The van der Waals surface area contributed by atoms with E-state index in [1.807, 2.05) is 6.92 Å². The first-order chi connectivity index (χ1) is 6.26. The zero-order valence-electron chi connectivity index (χ0n) is 7.80. The highest BCUT2D eigenvalue weighted by Gasteiger charge is 2.41. The van der Waals surface area contributed by atoms with Crippen LogP contribution in [0.2, 0.25) is 0 Å². The lowest BCUT2D eigenvalue weighted by Gasteiger charge is -2.12. The van der Waals surface area contributed by atoms with Crippen LogP contribution in [0, 0.1) is 6.92 Å². The Hall–Kier alpha value is -0.870. The summed E-state index contributed by atoms with van der Waals surface area (Å²) >= 11 is 0. The first kappa shape index (κ1) is 8.72. The maximum atomic E-state index is 9.06. The fourth-order valence-corrected chi connectivity index (χ4v) is 1.38. The maximum absolute atomic E-state index is 9.06. The molecule has 2 rings (SSSR count). The Morgan fingerprint density at radius 3 is 2.92 bits per heavy atom. The number of imidazole rings is 1. The fourth-order valence-electron chi connectivity index (χ4n) is 1.38. The minimum Gasteiger partial charge on any atom is -0.394 e. The number of rotatable bonds is 4. The van der Waals surface area contributed by atoms with Gasteiger partial charge in [-0.3, -0.25) is 0 Å². The molecule has 1 fully saturated rings. The minimum absolute atomic E-state index is 0.00535. The number of hydrogen-bond donors (Lipinski definition) is 3. The molecule has 1 aromatic rings. The summed E-state index contributed by atoms with van der Waals surface area (Å²) in [5.74, 6) is 0. The number of aliphatic hydroxyl groups excluding tert-OH is 1. The molecule has 3 N–H and O–H groups in total. The minimum atomic E-state index is 0.00535. The van der Waals surface area contributed by atoms with Crippen molar-refractivity contribution in [3.63, 3.8) is 0 Å². The molecule has 0 spiro atoms. The van der Waals surface area contributed by atoms with Crippen molar-refractivity contribution in [2.45, 2.75) is 31.8 Å². The van der Waals surface area contributed by atoms with Crippen molar-refractivity contribution in [2.75, 3.05) is 6.61 Å². The van der Waals surface area contributed by atoms with E-state index in [1.54, 1.807) is 6.33 Å². The molecule has 4 nitrogen and oxygen atoms in total. The summed E-state index contributed by atoms with van der Waals surface area (Å²) in [6, 6.07) is 0. The highest BCUT2D eigenvalue weighted by molar-refractivity contribution is 5.10. The van der Waals surface area contributed by atoms with Gasteiger partial charge in [0.25, 0.3) is 0 Å². The van der Waals surface area contributed by atoms with Gasteiger partial charge in [-0.2, -0.15) is 0 Å². The molecule has 1 heterocycles. The van der Waals surface area contributed by atoms with Crippen molar-refractivity contribution < 1.29 is 5.11 Å². The Labute approximate surface area is 77.4 Å².